The molecule has 0 aliphatic heterocycles. The van der Waals surface area contributed by atoms with Gasteiger partial charge in [-0.25, -0.2) is 9.97 Å². The molecule has 6 nitrogen and oxygen atoms in total. The molecule has 38 heavy (non-hydrogen) atoms. The molecule has 1 aromatic heterocycles. The molecule has 1 unspecified atom stereocenters. The lowest BCUT2D eigenvalue weighted by atomic mass is 10.1. The number of carbonyl (C=O) groups excluding carboxylic acids is 1. The van der Waals surface area contributed by atoms with E-state index in [1.54, 1.807) is 12.4 Å². The Hall–Kier alpha value is -2.63. The minimum Gasteiger partial charge on any atom is -0.494 e. The molecule has 1 aromatic carbocycles. The number of aromatic nitrogens is 2. The number of nitrogens with zero attached hydrogens (tertiary/aromatic N) is 2. The van der Waals surface area contributed by atoms with Gasteiger partial charge in [0.2, 0.25) is 5.88 Å². The Morgan fingerprint density at radius 3 is 1.95 bits per heavy atom. The van der Waals surface area contributed by atoms with E-state index in [0.29, 0.717) is 18.9 Å². The lowest BCUT2D eigenvalue weighted by molar-refractivity contribution is -0.148. The first-order valence-corrected chi connectivity index (χ1v) is 15.0. The molecule has 0 amide bonds. The summed E-state index contributed by atoms with van der Waals surface area (Å²) in [5.74, 6) is 1.38. The van der Waals surface area contributed by atoms with Crippen molar-refractivity contribution in [1.29, 1.82) is 0 Å². The molecule has 0 aliphatic carbocycles. The number of hydrogen-bond acceptors (Lipinski definition) is 6. The van der Waals surface area contributed by atoms with Crippen molar-refractivity contribution < 1.29 is 19.0 Å². The van der Waals surface area contributed by atoms with Crippen molar-refractivity contribution >= 4 is 5.97 Å². The highest BCUT2D eigenvalue weighted by Gasteiger charge is 2.07. The second-order valence-corrected chi connectivity index (χ2v) is 10.1. The number of unbranched alkanes of at least 4 members (excludes halogenated alkanes) is 11. The van der Waals surface area contributed by atoms with E-state index in [1.165, 1.54) is 57.8 Å². The van der Waals surface area contributed by atoms with Gasteiger partial charge in [-0.1, -0.05) is 78.1 Å². The van der Waals surface area contributed by atoms with Crippen molar-refractivity contribution in [3.05, 3.63) is 36.7 Å². The Labute approximate surface area is 230 Å². The number of hydrogen-bond donors (Lipinski definition) is 0. The fraction of sp³-hybridized carbons (Fsp3) is 0.656. The number of esters is 1. The summed E-state index contributed by atoms with van der Waals surface area (Å²) in [6.45, 7) is 7.50. The third-order valence-corrected chi connectivity index (χ3v) is 6.67. The number of rotatable bonds is 22. The zero-order valence-corrected chi connectivity index (χ0v) is 24.1. The van der Waals surface area contributed by atoms with E-state index in [9.17, 15) is 4.79 Å². The maximum Gasteiger partial charge on any atom is 0.305 e. The highest BCUT2D eigenvalue weighted by molar-refractivity contribution is 5.69. The van der Waals surface area contributed by atoms with Crippen LogP contribution in [0.3, 0.4) is 0 Å². The van der Waals surface area contributed by atoms with Crippen molar-refractivity contribution in [3.8, 4) is 22.9 Å². The van der Waals surface area contributed by atoms with Crippen LogP contribution in [0.15, 0.2) is 36.7 Å². The summed E-state index contributed by atoms with van der Waals surface area (Å²) >= 11 is 0. The summed E-state index contributed by atoms with van der Waals surface area (Å²) in [7, 11) is 0. The Morgan fingerprint density at radius 2 is 1.34 bits per heavy atom. The quantitative estimate of drug-likeness (QED) is 0.113. The second kappa shape index (κ2) is 20.3. The van der Waals surface area contributed by atoms with Crippen molar-refractivity contribution in [1.82, 2.24) is 9.97 Å². The zero-order valence-electron chi connectivity index (χ0n) is 24.1. The predicted molar refractivity (Wildman–Crippen MR) is 155 cm³/mol. The van der Waals surface area contributed by atoms with Gasteiger partial charge in [-0.2, -0.15) is 0 Å². The van der Waals surface area contributed by atoms with Crippen LogP contribution in [-0.4, -0.2) is 35.3 Å². The van der Waals surface area contributed by atoms with E-state index in [-0.39, 0.29) is 12.1 Å². The molecule has 0 fully saturated rings. The molecule has 0 saturated carbocycles. The third kappa shape index (κ3) is 14.3. The van der Waals surface area contributed by atoms with Gasteiger partial charge in [-0.15, -0.1) is 0 Å². The van der Waals surface area contributed by atoms with E-state index in [2.05, 4.69) is 16.9 Å². The van der Waals surface area contributed by atoms with Gasteiger partial charge in [-0.3, -0.25) is 4.79 Å². The van der Waals surface area contributed by atoms with E-state index in [1.807, 2.05) is 38.1 Å². The molecule has 0 aliphatic rings. The van der Waals surface area contributed by atoms with E-state index in [4.69, 9.17) is 14.2 Å². The van der Waals surface area contributed by atoms with Gasteiger partial charge in [-0.05, 0) is 56.9 Å². The fourth-order valence-corrected chi connectivity index (χ4v) is 4.30. The van der Waals surface area contributed by atoms with Crippen LogP contribution in [-0.2, 0) is 9.53 Å². The fourth-order valence-electron chi connectivity index (χ4n) is 4.30. The van der Waals surface area contributed by atoms with Gasteiger partial charge in [0.15, 0.2) is 0 Å². The summed E-state index contributed by atoms with van der Waals surface area (Å²) in [5, 5.41) is 0. The highest BCUT2D eigenvalue weighted by Crippen LogP contribution is 2.21. The molecule has 0 N–H and O–H groups in total. The van der Waals surface area contributed by atoms with Crippen LogP contribution in [0.4, 0.5) is 0 Å². The molecule has 2 aromatic rings. The summed E-state index contributed by atoms with van der Waals surface area (Å²) in [4.78, 5) is 20.2. The number of ether oxygens (including phenoxy) is 3. The largest absolute Gasteiger partial charge is 0.494 e. The van der Waals surface area contributed by atoms with Crippen molar-refractivity contribution in [2.75, 3.05) is 13.2 Å². The molecular formula is C32H50N2O4. The Balaban J connectivity index is 1.51. The molecule has 0 saturated heterocycles. The van der Waals surface area contributed by atoms with Crippen LogP contribution >= 0.6 is 0 Å². The predicted octanol–water partition coefficient (Wildman–Crippen LogP) is 8.72. The Bertz CT molecular complexity index is 855. The lowest BCUT2D eigenvalue weighted by Crippen LogP contribution is -2.13. The van der Waals surface area contributed by atoms with Crippen molar-refractivity contribution in [3.63, 3.8) is 0 Å². The third-order valence-electron chi connectivity index (χ3n) is 6.67. The van der Waals surface area contributed by atoms with Crippen LogP contribution in [0.2, 0.25) is 0 Å². The van der Waals surface area contributed by atoms with E-state index < -0.39 is 0 Å². The molecule has 212 valence electrons. The van der Waals surface area contributed by atoms with Gasteiger partial charge < -0.3 is 14.2 Å². The first-order valence-electron chi connectivity index (χ1n) is 15.0. The van der Waals surface area contributed by atoms with Gasteiger partial charge in [0.1, 0.15) is 5.75 Å². The minimum atomic E-state index is -0.101. The normalized spacial score (nSPS) is 11.8. The molecule has 6 heteroatoms. The summed E-state index contributed by atoms with van der Waals surface area (Å²) < 4.78 is 17.0. The zero-order chi connectivity index (χ0) is 27.3. The monoisotopic (exact) mass is 526 g/mol. The van der Waals surface area contributed by atoms with E-state index >= 15 is 0 Å². The van der Waals surface area contributed by atoms with Gasteiger partial charge in [0.25, 0.3) is 0 Å². The number of benzene rings is 1. The van der Waals surface area contributed by atoms with E-state index in [0.717, 1.165) is 55.7 Å². The summed E-state index contributed by atoms with van der Waals surface area (Å²) in [6, 6.07) is 8.07. The smallest absolute Gasteiger partial charge is 0.305 e. The maximum absolute atomic E-state index is 11.3. The van der Waals surface area contributed by atoms with Crippen molar-refractivity contribution in [2.24, 2.45) is 0 Å². The summed E-state index contributed by atoms with van der Waals surface area (Å²) in [5.41, 5.74) is 1.85. The molecule has 2 rings (SSSR count). The molecule has 1 heterocycles. The second-order valence-electron chi connectivity index (χ2n) is 10.1. The van der Waals surface area contributed by atoms with Gasteiger partial charge >= 0.3 is 5.97 Å². The minimum absolute atomic E-state index is 0.0384. The van der Waals surface area contributed by atoms with Gasteiger partial charge in [0.05, 0.1) is 37.4 Å². The SMILES string of the molecule is CCCCCCCCOc1ccc(-c2cnc(OCCCCCCCCCC(C)OC(=O)CC)cn2)cc1. The molecule has 0 radical (unpaired) electrons. The number of carbonyl (C=O) groups is 1. The van der Waals surface area contributed by atoms with Crippen LogP contribution in [0.25, 0.3) is 11.3 Å². The van der Waals surface area contributed by atoms with Crippen molar-refractivity contribution in [2.45, 2.75) is 123 Å². The average Bonchev–Trinajstić information content (AvgIpc) is 2.94. The van der Waals surface area contributed by atoms with Crippen LogP contribution < -0.4 is 9.47 Å². The maximum atomic E-state index is 11.3. The van der Waals surface area contributed by atoms with Crippen LogP contribution in [0.1, 0.15) is 117 Å². The average molecular weight is 527 g/mol. The molecule has 0 spiro atoms. The molecule has 1 atom stereocenters. The Morgan fingerprint density at radius 1 is 0.737 bits per heavy atom. The molecular weight excluding hydrogens is 476 g/mol. The molecule has 0 bridgehead atoms. The van der Waals surface area contributed by atoms with Crippen LogP contribution in [0.5, 0.6) is 11.6 Å². The first-order chi connectivity index (χ1) is 18.6. The first kappa shape index (κ1) is 31.6. The topological polar surface area (TPSA) is 70.5 Å². The standard InChI is InChI=1S/C32H50N2O4/c1-4-6-7-8-13-16-23-36-29-21-19-28(20-22-29)30-25-34-31(26-33-30)37-24-17-14-11-9-10-12-15-18-27(3)38-32(35)5-2/h19-22,25-27H,4-18,23-24H2,1-3H3. The lowest BCUT2D eigenvalue weighted by Gasteiger charge is -2.12. The van der Waals surface area contributed by atoms with Gasteiger partial charge in [0, 0.05) is 12.0 Å². The highest BCUT2D eigenvalue weighted by atomic mass is 16.5. The van der Waals surface area contributed by atoms with Crippen LogP contribution in [0, 0.1) is 0 Å². The Kier molecular flexibility index (Phi) is 16.9. The summed E-state index contributed by atoms with van der Waals surface area (Å²) in [6.07, 6.45) is 20.7.